The molecule has 1 aromatic carbocycles. The summed E-state index contributed by atoms with van der Waals surface area (Å²) < 4.78 is 0. The average molecular weight is 311 g/mol. The predicted molar refractivity (Wildman–Crippen MR) is 89.2 cm³/mol. The van der Waals surface area contributed by atoms with Crippen LogP contribution in [-0.2, 0) is 4.79 Å². The number of carboxylic acid groups (broad SMARTS) is 1. The summed E-state index contributed by atoms with van der Waals surface area (Å²) in [5, 5.41) is 9.39. The Morgan fingerprint density at radius 1 is 1.29 bits per heavy atom. The largest absolute Gasteiger partial charge is 0.478 e. The van der Waals surface area contributed by atoms with Gasteiger partial charge in [0.25, 0.3) is 0 Å². The molecule has 0 fully saturated rings. The van der Waals surface area contributed by atoms with Gasteiger partial charge in [0.05, 0.1) is 0 Å². The van der Waals surface area contributed by atoms with Gasteiger partial charge < -0.3 is 14.9 Å². The third kappa shape index (κ3) is 5.78. The van der Waals surface area contributed by atoms with Gasteiger partial charge in [-0.25, -0.2) is 4.79 Å². The van der Waals surface area contributed by atoms with E-state index in [1.54, 1.807) is 12.1 Å². The average Bonchev–Trinajstić information content (AvgIpc) is 2.41. The summed E-state index contributed by atoms with van der Waals surface area (Å²) in [6.45, 7) is 4.83. The van der Waals surface area contributed by atoms with Crippen LogP contribution in [0.5, 0.6) is 0 Å². The van der Waals surface area contributed by atoms with Crippen LogP contribution >= 0.6 is 11.6 Å². The first kappa shape index (κ1) is 17.5. The number of halogens is 1. The maximum absolute atomic E-state index is 10.8. The first-order valence-electron chi connectivity index (χ1n) is 7.05. The van der Waals surface area contributed by atoms with E-state index >= 15 is 0 Å². The minimum Gasteiger partial charge on any atom is -0.478 e. The van der Waals surface area contributed by atoms with Crippen molar-refractivity contribution in [3.8, 4) is 0 Å². The molecule has 0 aromatic heterocycles. The molecule has 0 aliphatic heterocycles. The fourth-order valence-corrected chi connectivity index (χ4v) is 2.30. The van der Waals surface area contributed by atoms with E-state index in [0.29, 0.717) is 5.02 Å². The first-order valence-corrected chi connectivity index (χ1v) is 7.42. The number of nitrogens with zero attached hydrogens (tertiary/aromatic N) is 2. The number of anilines is 1. The Bertz CT molecular complexity index is 501. The first-order chi connectivity index (χ1) is 9.95. The van der Waals surface area contributed by atoms with Crippen molar-refractivity contribution < 1.29 is 9.90 Å². The van der Waals surface area contributed by atoms with Gasteiger partial charge in [0.15, 0.2) is 0 Å². The molecule has 21 heavy (non-hydrogen) atoms. The Kier molecular flexibility index (Phi) is 7.26. The Balaban J connectivity index is 3.11. The molecule has 0 unspecified atom stereocenters. The van der Waals surface area contributed by atoms with Gasteiger partial charge in [-0.15, -0.1) is 0 Å². The highest BCUT2D eigenvalue weighted by molar-refractivity contribution is 6.32. The number of aliphatic carboxylic acids is 1. The lowest BCUT2D eigenvalue weighted by Crippen LogP contribution is -2.32. The zero-order valence-electron chi connectivity index (χ0n) is 12.8. The Morgan fingerprint density at radius 3 is 2.57 bits per heavy atom. The minimum absolute atomic E-state index is 0.566. The predicted octanol–water partition coefficient (Wildman–Crippen LogP) is 3.22. The summed E-state index contributed by atoms with van der Waals surface area (Å²) in [4.78, 5) is 15.1. The smallest absolute Gasteiger partial charge is 0.328 e. The van der Waals surface area contributed by atoms with Gasteiger partial charge in [0.1, 0.15) is 0 Å². The second-order valence-electron chi connectivity index (χ2n) is 5.13. The van der Waals surface area contributed by atoms with Crippen LogP contribution in [-0.4, -0.2) is 49.7 Å². The molecule has 4 nitrogen and oxygen atoms in total. The van der Waals surface area contributed by atoms with Crippen LogP contribution in [0.1, 0.15) is 18.9 Å². The van der Waals surface area contributed by atoms with E-state index in [2.05, 4.69) is 16.7 Å². The molecule has 0 saturated heterocycles. The van der Waals surface area contributed by atoms with Gasteiger partial charge >= 0.3 is 5.97 Å². The van der Waals surface area contributed by atoms with Crippen LogP contribution in [0.3, 0.4) is 0 Å². The molecule has 0 aliphatic rings. The molecular formula is C16H23ClN2O2. The topological polar surface area (TPSA) is 43.8 Å². The van der Waals surface area contributed by atoms with Gasteiger partial charge in [0.2, 0.25) is 0 Å². The minimum atomic E-state index is -0.976. The van der Waals surface area contributed by atoms with Crippen molar-refractivity contribution in [2.75, 3.05) is 38.6 Å². The van der Waals surface area contributed by atoms with Crippen LogP contribution in [0.4, 0.5) is 5.69 Å². The Labute approximate surface area is 131 Å². The molecule has 0 bridgehead atoms. The monoisotopic (exact) mass is 310 g/mol. The summed E-state index contributed by atoms with van der Waals surface area (Å²) in [5.41, 5.74) is 1.73. The molecule has 116 valence electrons. The van der Waals surface area contributed by atoms with E-state index in [1.165, 1.54) is 0 Å². The number of hydrogen-bond donors (Lipinski definition) is 1. The molecule has 1 rings (SSSR count). The molecule has 0 atom stereocenters. The Hall–Kier alpha value is -1.52. The third-order valence-corrected chi connectivity index (χ3v) is 3.40. The molecule has 0 aliphatic carbocycles. The molecule has 0 amide bonds. The Morgan fingerprint density at radius 2 is 2.00 bits per heavy atom. The standard InChI is InChI=1S/C16H23ClN2O2/c1-4-10-19(12-11-18(2)3)15-7-5-6-14(17)13(15)8-9-16(20)21/h5-9H,4,10-12H2,1-3H3,(H,20,21). The van der Waals surface area contributed by atoms with E-state index in [0.717, 1.165) is 43.4 Å². The highest BCUT2D eigenvalue weighted by Crippen LogP contribution is 2.29. The normalized spacial score (nSPS) is 11.3. The summed E-state index contributed by atoms with van der Waals surface area (Å²) >= 11 is 6.24. The van der Waals surface area contributed by atoms with Crippen LogP contribution in [0.25, 0.3) is 6.08 Å². The van der Waals surface area contributed by atoms with Gasteiger partial charge in [-0.05, 0) is 38.7 Å². The molecular weight excluding hydrogens is 288 g/mol. The van der Waals surface area contributed by atoms with Crippen LogP contribution < -0.4 is 4.90 Å². The van der Waals surface area contributed by atoms with Gasteiger partial charge in [-0.2, -0.15) is 0 Å². The van der Waals surface area contributed by atoms with Crippen molar-refractivity contribution in [1.82, 2.24) is 4.90 Å². The van der Waals surface area contributed by atoms with Crippen molar-refractivity contribution in [1.29, 1.82) is 0 Å². The second kappa shape index (κ2) is 8.70. The van der Waals surface area contributed by atoms with Gasteiger partial charge in [0, 0.05) is 42.0 Å². The van der Waals surface area contributed by atoms with Gasteiger partial charge in [-0.3, -0.25) is 0 Å². The number of carbonyl (C=O) groups is 1. The lowest BCUT2D eigenvalue weighted by atomic mass is 10.1. The highest BCUT2D eigenvalue weighted by Gasteiger charge is 2.12. The quantitative estimate of drug-likeness (QED) is 0.749. The third-order valence-electron chi connectivity index (χ3n) is 3.07. The molecule has 0 heterocycles. The number of hydrogen-bond acceptors (Lipinski definition) is 3. The number of carboxylic acids is 1. The maximum Gasteiger partial charge on any atom is 0.328 e. The summed E-state index contributed by atoms with van der Waals surface area (Å²) in [6.07, 6.45) is 3.71. The lowest BCUT2D eigenvalue weighted by Gasteiger charge is -2.28. The molecule has 0 radical (unpaired) electrons. The van der Waals surface area contributed by atoms with E-state index < -0.39 is 5.97 Å². The number of rotatable bonds is 8. The summed E-state index contributed by atoms with van der Waals surface area (Å²) in [7, 11) is 4.07. The van der Waals surface area contributed by atoms with Crippen molar-refractivity contribution in [3.05, 3.63) is 34.9 Å². The second-order valence-corrected chi connectivity index (χ2v) is 5.54. The van der Waals surface area contributed by atoms with Crippen LogP contribution in [0.15, 0.2) is 24.3 Å². The van der Waals surface area contributed by atoms with Crippen LogP contribution in [0.2, 0.25) is 5.02 Å². The molecule has 0 saturated carbocycles. The van der Waals surface area contributed by atoms with Crippen molar-refractivity contribution in [3.63, 3.8) is 0 Å². The molecule has 1 aromatic rings. The molecule has 1 N–H and O–H groups in total. The lowest BCUT2D eigenvalue weighted by molar-refractivity contribution is -0.131. The fraction of sp³-hybridized carbons (Fsp3) is 0.438. The number of likely N-dealkylation sites (N-methyl/N-ethyl adjacent to an activating group) is 1. The van der Waals surface area contributed by atoms with Crippen molar-refractivity contribution in [2.24, 2.45) is 0 Å². The maximum atomic E-state index is 10.8. The number of benzene rings is 1. The zero-order chi connectivity index (χ0) is 15.8. The van der Waals surface area contributed by atoms with E-state index in [-0.39, 0.29) is 0 Å². The van der Waals surface area contributed by atoms with E-state index in [9.17, 15) is 4.79 Å². The SMILES string of the molecule is CCCN(CCN(C)C)c1cccc(Cl)c1C=CC(=O)O. The molecule has 5 heteroatoms. The van der Waals surface area contributed by atoms with E-state index in [1.807, 2.05) is 26.2 Å². The van der Waals surface area contributed by atoms with Gasteiger partial charge in [-0.1, -0.05) is 24.6 Å². The fourth-order valence-electron chi connectivity index (χ4n) is 2.06. The summed E-state index contributed by atoms with van der Waals surface area (Å²) in [5.74, 6) is -0.976. The highest BCUT2D eigenvalue weighted by atomic mass is 35.5. The van der Waals surface area contributed by atoms with Crippen molar-refractivity contribution >= 4 is 29.3 Å². The molecule has 0 spiro atoms. The van der Waals surface area contributed by atoms with Crippen LogP contribution in [0, 0.1) is 0 Å². The summed E-state index contributed by atoms with van der Waals surface area (Å²) in [6, 6.07) is 5.66. The zero-order valence-corrected chi connectivity index (χ0v) is 13.6. The van der Waals surface area contributed by atoms with E-state index in [4.69, 9.17) is 16.7 Å². The van der Waals surface area contributed by atoms with Crippen molar-refractivity contribution in [2.45, 2.75) is 13.3 Å².